The predicted octanol–water partition coefficient (Wildman–Crippen LogP) is 3.15. The normalized spacial score (nSPS) is 10.5. The van der Waals surface area contributed by atoms with Crippen LogP contribution in [0.5, 0.6) is 0 Å². The van der Waals surface area contributed by atoms with Crippen molar-refractivity contribution in [2.45, 2.75) is 13.5 Å². The summed E-state index contributed by atoms with van der Waals surface area (Å²) in [6.07, 6.45) is 3.76. The largest absolute Gasteiger partial charge is 0.345 e. The number of aryl methyl sites for hydroxylation is 1. The molecule has 0 saturated carbocycles. The first-order valence-corrected chi connectivity index (χ1v) is 7.06. The van der Waals surface area contributed by atoms with Crippen LogP contribution >= 0.6 is 0 Å². The summed E-state index contributed by atoms with van der Waals surface area (Å²) in [5.74, 6) is -0.0139. The topological polar surface area (TPSA) is 25.9 Å². The van der Waals surface area contributed by atoms with Gasteiger partial charge in [0, 0.05) is 5.56 Å². The Balaban J connectivity index is 2.02. The van der Waals surface area contributed by atoms with Gasteiger partial charge in [-0.2, -0.15) is 4.57 Å². The van der Waals surface area contributed by atoms with E-state index in [0.29, 0.717) is 5.56 Å². The Hall–Kier alpha value is -2.68. The lowest BCUT2D eigenvalue weighted by Gasteiger charge is -1.97. The zero-order valence-corrected chi connectivity index (χ0v) is 11.9. The van der Waals surface area contributed by atoms with Crippen molar-refractivity contribution in [1.82, 2.24) is 4.57 Å². The maximum absolute atomic E-state index is 12.5. The van der Waals surface area contributed by atoms with Crippen LogP contribution in [-0.4, -0.2) is 10.5 Å². The molecule has 3 heteroatoms. The second-order valence-electron chi connectivity index (χ2n) is 4.86. The third-order valence-corrected chi connectivity index (χ3v) is 3.50. The number of hydrogen-bond acceptors (Lipinski definition) is 1. The van der Waals surface area contributed by atoms with Crippen LogP contribution in [0.15, 0.2) is 73.2 Å². The fourth-order valence-corrected chi connectivity index (χ4v) is 2.39. The van der Waals surface area contributed by atoms with Crippen LogP contribution in [-0.2, 0) is 6.54 Å². The molecule has 0 spiro atoms. The van der Waals surface area contributed by atoms with E-state index in [1.165, 1.54) is 0 Å². The van der Waals surface area contributed by atoms with E-state index in [4.69, 9.17) is 0 Å². The molecule has 0 aliphatic carbocycles. The number of benzene rings is 2. The summed E-state index contributed by atoms with van der Waals surface area (Å²) in [4.78, 5) is 12.5. The maximum Gasteiger partial charge on any atom is 0.345 e. The Morgan fingerprint density at radius 3 is 2.24 bits per heavy atom. The van der Waals surface area contributed by atoms with E-state index in [-0.39, 0.29) is 5.91 Å². The van der Waals surface area contributed by atoms with Crippen LogP contribution in [0.1, 0.15) is 17.3 Å². The lowest BCUT2D eigenvalue weighted by molar-refractivity contribution is -0.682. The number of imidazole rings is 1. The van der Waals surface area contributed by atoms with Crippen LogP contribution in [0.25, 0.3) is 11.3 Å². The number of carbonyl (C=O) groups excluding carboxylic acids is 1. The van der Waals surface area contributed by atoms with E-state index < -0.39 is 0 Å². The standard InChI is InChI=1S/C18H17N2O/c1-2-19-14-20(18(21)16-11-7-4-8-12-16)13-17(19)15-9-5-3-6-10-15/h3-14H,2H2,1H3/q+1. The Morgan fingerprint density at radius 2 is 1.62 bits per heavy atom. The molecule has 0 unspecified atom stereocenters. The van der Waals surface area contributed by atoms with Crippen LogP contribution in [0.2, 0.25) is 0 Å². The molecule has 0 bridgehead atoms. The third kappa shape index (κ3) is 2.63. The van der Waals surface area contributed by atoms with Gasteiger partial charge in [-0.25, -0.2) is 9.36 Å². The highest BCUT2D eigenvalue weighted by Crippen LogP contribution is 2.15. The van der Waals surface area contributed by atoms with Crippen molar-refractivity contribution in [3.05, 3.63) is 78.8 Å². The van der Waals surface area contributed by atoms with Crippen molar-refractivity contribution in [3.63, 3.8) is 0 Å². The first kappa shape index (κ1) is 13.3. The summed E-state index contributed by atoms with van der Waals surface area (Å²) in [5, 5.41) is 0. The number of rotatable bonds is 3. The molecule has 0 aliphatic rings. The summed E-state index contributed by atoms with van der Waals surface area (Å²) in [7, 11) is 0. The number of aromatic nitrogens is 2. The van der Waals surface area contributed by atoms with E-state index >= 15 is 0 Å². The summed E-state index contributed by atoms with van der Waals surface area (Å²) in [6.45, 7) is 2.89. The molecule has 0 aliphatic heterocycles. The monoisotopic (exact) mass is 277 g/mol. The molecular weight excluding hydrogens is 260 g/mol. The van der Waals surface area contributed by atoms with Gasteiger partial charge in [0.1, 0.15) is 6.20 Å². The van der Waals surface area contributed by atoms with Crippen molar-refractivity contribution in [2.75, 3.05) is 0 Å². The smallest absolute Gasteiger partial charge is 0.240 e. The first-order chi connectivity index (χ1) is 10.3. The molecule has 1 heterocycles. The molecule has 2 aromatic carbocycles. The summed E-state index contributed by atoms with van der Waals surface area (Å²) in [6, 6.07) is 19.4. The van der Waals surface area contributed by atoms with Gasteiger partial charge in [0.25, 0.3) is 6.33 Å². The SMILES string of the molecule is CC[n+]1cn(C(=O)c2ccccc2)cc1-c1ccccc1. The lowest BCUT2D eigenvalue weighted by Crippen LogP contribution is -2.32. The number of carbonyl (C=O) groups is 1. The number of nitrogens with zero attached hydrogens (tertiary/aromatic N) is 2. The van der Waals surface area contributed by atoms with Gasteiger partial charge in [-0.05, 0) is 19.1 Å². The fraction of sp³-hybridized carbons (Fsp3) is 0.111. The molecule has 104 valence electrons. The molecular formula is C18H17N2O+. The van der Waals surface area contributed by atoms with Gasteiger partial charge in [-0.1, -0.05) is 48.5 Å². The van der Waals surface area contributed by atoms with Gasteiger partial charge < -0.3 is 0 Å². The summed E-state index contributed by atoms with van der Waals surface area (Å²) in [5.41, 5.74) is 2.84. The summed E-state index contributed by atoms with van der Waals surface area (Å²) < 4.78 is 3.73. The van der Waals surface area contributed by atoms with Crippen LogP contribution < -0.4 is 4.57 Å². The van der Waals surface area contributed by atoms with Gasteiger partial charge in [-0.3, -0.25) is 0 Å². The van der Waals surface area contributed by atoms with Crippen molar-refractivity contribution < 1.29 is 9.36 Å². The molecule has 3 rings (SSSR count). The second-order valence-corrected chi connectivity index (χ2v) is 4.86. The lowest BCUT2D eigenvalue weighted by atomic mass is 10.1. The molecule has 21 heavy (non-hydrogen) atoms. The Bertz CT molecular complexity index is 745. The zero-order valence-electron chi connectivity index (χ0n) is 11.9. The molecule has 3 nitrogen and oxygen atoms in total. The Morgan fingerprint density at radius 1 is 1.00 bits per heavy atom. The van der Waals surface area contributed by atoms with Gasteiger partial charge in [-0.15, -0.1) is 0 Å². The van der Waals surface area contributed by atoms with Gasteiger partial charge in [0.05, 0.1) is 12.1 Å². The predicted molar refractivity (Wildman–Crippen MR) is 81.9 cm³/mol. The third-order valence-electron chi connectivity index (χ3n) is 3.50. The van der Waals surface area contributed by atoms with Crippen molar-refractivity contribution in [3.8, 4) is 11.3 Å². The molecule has 1 aromatic heterocycles. The Labute approximate surface area is 124 Å². The first-order valence-electron chi connectivity index (χ1n) is 7.06. The van der Waals surface area contributed by atoms with E-state index in [2.05, 4.69) is 23.6 Å². The average molecular weight is 277 g/mol. The summed E-state index contributed by atoms with van der Waals surface area (Å²) >= 11 is 0. The van der Waals surface area contributed by atoms with Crippen molar-refractivity contribution in [2.24, 2.45) is 0 Å². The highest BCUT2D eigenvalue weighted by atomic mass is 16.2. The second kappa shape index (κ2) is 5.75. The molecule has 3 aromatic rings. The average Bonchev–Trinajstić information content (AvgIpc) is 3.00. The van der Waals surface area contributed by atoms with Gasteiger partial charge >= 0.3 is 5.91 Å². The van der Waals surface area contributed by atoms with E-state index in [1.54, 1.807) is 4.57 Å². The van der Waals surface area contributed by atoms with Crippen molar-refractivity contribution in [1.29, 1.82) is 0 Å². The van der Waals surface area contributed by atoms with Gasteiger partial charge in [0.15, 0.2) is 5.69 Å². The molecule has 0 fully saturated rings. The highest BCUT2D eigenvalue weighted by molar-refractivity contribution is 5.95. The molecule has 0 atom stereocenters. The molecule has 0 saturated heterocycles. The van der Waals surface area contributed by atoms with Crippen LogP contribution in [0.4, 0.5) is 0 Å². The van der Waals surface area contributed by atoms with E-state index in [0.717, 1.165) is 17.8 Å². The van der Waals surface area contributed by atoms with Crippen LogP contribution in [0, 0.1) is 0 Å². The molecule has 0 N–H and O–H groups in total. The van der Waals surface area contributed by atoms with E-state index in [9.17, 15) is 4.79 Å². The fourth-order valence-electron chi connectivity index (χ4n) is 2.39. The quantitative estimate of drug-likeness (QED) is 0.675. The van der Waals surface area contributed by atoms with Gasteiger partial charge in [0.2, 0.25) is 0 Å². The molecule has 0 radical (unpaired) electrons. The minimum atomic E-state index is -0.0139. The minimum Gasteiger partial charge on any atom is -0.240 e. The minimum absolute atomic E-state index is 0.0139. The maximum atomic E-state index is 12.5. The highest BCUT2D eigenvalue weighted by Gasteiger charge is 2.20. The Kier molecular flexibility index (Phi) is 3.65. The van der Waals surface area contributed by atoms with Crippen molar-refractivity contribution >= 4 is 5.91 Å². The zero-order chi connectivity index (χ0) is 14.7. The number of hydrogen-bond donors (Lipinski definition) is 0. The van der Waals surface area contributed by atoms with Crippen LogP contribution in [0.3, 0.4) is 0 Å². The molecule has 0 amide bonds. The van der Waals surface area contributed by atoms with E-state index in [1.807, 2.05) is 61.1 Å².